The molecule has 1 aromatic carbocycles. The van der Waals surface area contributed by atoms with Crippen molar-refractivity contribution in [2.75, 3.05) is 31.5 Å². The number of carbonyl (C=O) groups excluding carboxylic acids is 2. The van der Waals surface area contributed by atoms with Gasteiger partial charge in [0.25, 0.3) is 5.69 Å². The fraction of sp³-hybridized carbons (Fsp3) is 0.579. The highest BCUT2D eigenvalue weighted by atomic mass is 35.5. The molecule has 0 radical (unpaired) electrons. The molecule has 0 spiro atoms. The molecule has 2 fully saturated rings. The molecule has 2 N–H and O–H groups in total. The number of anilines is 1. The smallest absolute Gasteiger partial charge is 0.271 e. The highest BCUT2D eigenvalue weighted by Gasteiger charge is 2.31. The van der Waals surface area contributed by atoms with Crippen LogP contribution in [0.1, 0.15) is 32.1 Å². The number of nitrogens with one attached hydrogen (secondary N) is 2. The number of likely N-dealkylation sites (tertiary alicyclic amines) is 2. The molecule has 3 rings (SSSR count). The third-order valence-electron chi connectivity index (χ3n) is 5.38. The second kappa shape index (κ2) is 10.3. The molecule has 2 aliphatic heterocycles. The molecule has 11 heteroatoms. The standard InChI is InChI=1S/C19H26ClN5O4S/c20-14-11-13(25(28)29)6-7-15(14)21-19(30)22-16-5-1-2-10-24(18(16)27)12-17(26)23-8-3-4-9-23/h6-7,11,16,19,21-22,30H,1-5,8-10,12H2. The molecular weight excluding hydrogens is 430 g/mol. The van der Waals surface area contributed by atoms with Gasteiger partial charge in [-0.2, -0.15) is 0 Å². The van der Waals surface area contributed by atoms with Gasteiger partial charge in [-0.1, -0.05) is 11.6 Å². The number of hydrogen-bond donors (Lipinski definition) is 3. The van der Waals surface area contributed by atoms with Crippen LogP contribution in [0.4, 0.5) is 11.4 Å². The van der Waals surface area contributed by atoms with Gasteiger partial charge in [0, 0.05) is 31.8 Å². The number of non-ortho nitro benzene ring substituents is 1. The Balaban J connectivity index is 1.59. The van der Waals surface area contributed by atoms with E-state index in [0.29, 0.717) is 18.7 Å². The molecule has 0 bridgehead atoms. The second-order valence-corrected chi connectivity index (χ2v) is 8.45. The van der Waals surface area contributed by atoms with Crippen LogP contribution in [0.5, 0.6) is 0 Å². The zero-order chi connectivity index (χ0) is 21.7. The largest absolute Gasteiger partial charge is 0.360 e. The summed E-state index contributed by atoms with van der Waals surface area (Å²) in [6.45, 7) is 2.20. The van der Waals surface area contributed by atoms with Crippen molar-refractivity contribution in [3.05, 3.63) is 33.3 Å². The van der Waals surface area contributed by atoms with Gasteiger partial charge < -0.3 is 15.1 Å². The summed E-state index contributed by atoms with van der Waals surface area (Å²) in [5, 5.41) is 17.2. The average molecular weight is 456 g/mol. The first kappa shape index (κ1) is 22.6. The Labute approximate surface area is 185 Å². The van der Waals surface area contributed by atoms with Gasteiger partial charge >= 0.3 is 0 Å². The molecule has 0 saturated carbocycles. The van der Waals surface area contributed by atoms with Gasteiger partial charge in [-0.15, -0.1) is 12.6 Å². The van der Waals surface area contributed by atoms with Crippen LogP contribution in [0.2, 0.25) is 5.02 Å². The van der Waals surface area contributed by atoms with Gasteiger partial charge in [0.1, 0.15) is 5.50 Å². The lowest BCUT2D eigenvalue weighted by molar-refractivity contribution is -0.384. The van der Waals surface area contributed by atoms with E-state index in [1.54, 1.807) is 4.90 Å². The molecule has 0 aromatic heterocycles. The van der Waals surface area contributed by atoms with Crippen molar-refractivity contribution < 1.29 is 14.5 Å². The van der Waals surface area contributed by atoms with Crippen LogP contribution in [-0.4, -0.2) is 64.3 Å². The van der Waals surface area contributed by atoms with Crippen LogP contribution in [-0.2, 0) is 9.59 Å². The summed E-state index contributed by atoms with van der Waals surface area (Å²) in [6, 6.07) is 3.62. The highest BCUT2D eigenvalue weighted by molar-refractivity contribution is 7.81. The Morgan fingerprint density at radius 3 is 2.63 bits per heavy atom. The van der Waals surface area contributed by atoms with E-state index < -0.39 is 16.5 Å². The number of nitrogens with zero attached hydrogens (tertiary/aromatic N) is 3. The number of amides is 2. The van der Waals surface area contributed by atoms with E-state index in [1.165, 1.54) is 18.2 Å². The molecule has 2 saturated heterocycles. The summed E-state index contributed by atoms with van der Waals surface area (Å²) >= 11 is 10.6. The molecule has 2 atom stereocenters. The maximum absolute atomic E-state index is 13.0. The van der Waals surface area contributed by atoms with Crippen molar-refractivity contribution in [1.29, 1.82) is 0 Å². The van der Waals surface area contributed by atoms with Crippen LogP contribution >= 0.6 is 24.2 Å². The Kier molecular flexibility index (Phi) is 7.79. The van der Waals surface area contributed by atoms with E-state index >= 15 is 0 Å². The molecule has 0 aliphatic carbocycles. The molecule has 2 aliphatic rings. The number of benzene rings is 1. The Morgan fingerprint density at radius 1 is 1.27 bits per heavy atom. The van der Waals surface area contributed by atoms with Crippen molar-refractivity contribution in [1.82, 2.24) is 15.1 Å². The summed E-state index contributed by atoms with van der Waals surface area (Å²) < 4.78 is 0. The van der Waals surface area contributed by atoms with E-state index in [-0.39, 0.29) is 29.1 Å². The van der Waals surface area contributed by atoms with Gasteiger partial charge in [-0.25, -0.2) is 0 Å². The van der Waals surface area contributed by atoms with Crippen LogP contribution in [0.25, 0.3) is 0 Å². The summed E-state index contributed by atoms with van der Waals surface area (Å²) in [5.74, 6) is -0.115. The van der Waals surface area contributed by atoms with Gasteiger partial charge in [0.05, 0.1) is 28.2 Å². The predicted octanol–water partition coefficient (Wildman–Crippen LogP) is 2.47. The summed E-state index contributed by atoms with van der Waals surface area (Å²) in [6.07, 6.45) is 4.37. The van der Waals surface area contributed by atoms with Crippen molar-refractivity contribution in [2.45, 2.75) is 43.6 Å². The first-order valence-corrected chi connectivity index (χ1v) is 11.0. The summed E-state index contributed by atoms with van der Waals surface area (Å²) in [4.78, 5) is 39.2. The Morgan fingerprint density at radius 2 is 1.97 bits per heavy atom. The fourth-order valence-corrected chi connectivity index (χ4v) is 4.31. The summed E-state index contributed by atoms with van der Waals surface area (Å²) in [7, 11) is 0. The van der Waals surface area contributed by atoms with E-state index in [9.17, 15) is 19.7 Å². The molecule has 164 valence electrons. The zero-order valence-corrected chi connectivity index (χ0v) is 18.2. The molecule has 2 heterocycles. The number of thiol groups is 1. The number of carbonyl (C=O) groups is 2. The normalized spacial score (nSPS) is 20.7. The number of nitro groups is 1. The van der Waals surface area contributed by atoms with E-state index in [1.807, 2.05) is 4.90 Å². The number of halogens is 1. The third-order valence-corrected chi connectivity index (χ3v) is 5.97. The van der Waals surface area contributed by atoms with Crippen molar-refractivity contribution in [3.63, 3.8) is 0 Å². The van der Waals surface area contributed by atoms with Gasteiger partial charge in [-0.3, -0.25) is 25.0 Å². The lowest BCUT2D eigenvalue weighted by Crippen LogP contribution is -2.51. The van der Waals surface area contributed by atoms with Crippen molar-refractivity contribution in [3.8, 4) is 0 Å². The van der Waals surface area contributed by atoms with Crippen LogP contribution in [0.3, 0.4) is 0 Å². The molecule has 9 nitrogen and oxygen atoms in total. The van der Waals surface area contributed by atoms with Gasteiger partial charge in [0.15, 0.2) is 0 Å². The van der Waals surface area contributed by atoms with Crippen LogP contribution < -0.4 is 10.6 Å². The maximum atomic E-state index is 13.0. The number of rotatable bonds is 7. The second-order valence-electron chi connectivity index (χ2n) is 7.53. The topological polar surface area (TPSA) is 108 Å². The number of hydrogen-bond acceptors (Lipinski definition) is 7. The lowest BCUT2D eigenvalue weighted by atomic mass is 10.1. The monoisotopic (exact) mass is 455 g/mol. The van der Waals surface area contributed by atoms with Gasteiger partial charge in [0.2, 0.25) is 11.8 Å². The number of nitro benzene ring substituents is 1. The van der Waals surface area contributed by atoms with E-state index in [0.717, 1.165) is 38.8 Å². The third kappa shape index (κ3) is 5.77. The highest BCUT2D eigenvalue weighted by Crippen LogP contribution is 2.27. The minimum absolute atomic E-state index is 0.000268. The predicted molar refractivity (Wildman–Crippen MR) is 118 cm³/mol. The van der Waals surface area contributed by atoms with Crippen molar-refractivity contribution in [2.24, 2.45) is 0 Å². The minimum atomic E-state index is -0.605. The van der Waals surface area contributed by atoms with E-state index in [4.69, 9.17) is 11.6 Å². The molecule has 2 amide bonds. The molecule has 2 unspecified atom stereocenters. The lowest BCUT2D eigenvalue weighted by Gasteiger charge is -2.28. The molecular formula is C19H26ClN5O4S. The zero-order valence-electron chi connectivity index (χ0n) is 16.6. The molecule has 30 heavy (non-hydrogen) atoms. The van der Waals surface area contributed by atoms with Gasteiger partial charge in [-0.05, 0) is 38.2 Å². The van der Waals surface area contributed by atoms with Crippen molar-refractivity contribution >= 4 is 47.4 Å². The maximum Gasteiger partial charge on any atom is 0.271 e. The van der Waals surface area contributed by atoms with Crippen LogP contribution in [0.15, 0.2) is 18.2 Å². The quantitative estimate of drug-likeness (QED) is 0.252. The Hall–Kier alpha value is -2.04. The van der Waals surface area contributed by atoms with E-state index in [2.05, 4.69) is 23.3 Å². The Bertz CT molecular complexity index is 805. The van der Waals surface area contributed by atoms with Crippen LogP contribution in [0, 0.1) is 10.1 Å². The first-order valence-electron chi connectivity index (χ1n) is 10.1. The molecule has 1 aromatic rings. The SMILES string of the molecule is O=C(CN1CCCCC(NC(S)Nc2ccc([N+](=O)[O-])cc2Cl)C1=O)N1CCCC1. The fourth-order valence-electron chi connectivity index (χ4n) is 3.76. The summed E-state index contributed by atoms with van der Waals surface area (Å²) in [5.41, 5.74) is -0.240. The first-order chi connectivity index (χ1) is 14.3. The average Bonchev–Trinajstić information content (AvgIpc) is 3.19. The minimum Gasteiger partial charge on any atom is -0.360 e.